The molecule has 106 valence electrons. The van der Waals surface area contributed by atoms with Gasteiger partial charge in [-0.15, -0.1) is 0 Å². The number of nitrogens with two attached hydrogens (primary N) is 1. The van der Waals surface area contributed by atoms with Gasteiger partial charge in [-0.05, 0) is 0 Å². The van der Waals surface area contributed by atoms with E-state index >= 15 is 0 Å². The Labute approximate surface area is 114 Å². The van der Waals surface area contributed by atoms with Crippen LogP contribution in [0.4, 0.5) is 5.82 Å². The fourth-order valence-electron chi connectivity index (χ4n) is 2.30. The summed E-state index contributed by atoms with van der Waals surface area (Å²) in [5, 5.41) is 18.9. The van der Waals surface area contributed by atoms with Gasteiger partial charge in [0.15, 0.2) is 0 Å². The van der Waals surface area contributed by atoms with Crippen LogP contribution in [0.15, 0.2) is 24.9 Å². The van der Waals surface area contributed by atoms with Gasteiger partial charge in [0.05, 0.1) is 36.6 Å². The number of ether oxygens (including phenoxy) is 1. The van der Waals surface area contributed by atoms with Crippen LogP contribution in [0.5, 0.6) is 0 Å². The van der Waals surface area contributed by atoms with Gasteiger partial charge in [0.2, 0.25) is 0 Å². The topological polar surface area (TPSA) is 119 Å². The van der Waals surface area contributed by atoms with E-state index < -0.39 is 18.4 Å². The molecule has 0 aliphatic carbocycles. The second kappa shape index (κ2) is 5.16. The molecule has 20 heavy (non-hydrogen) atoms. The molecule has 0 spiro atoms. The SMILES string of the molecule is Nc1cc(-c2cncn2[C@H]2C[C@H](O)[C@@H](CO)O2)ncn1. The molecule has 0 aromatic carbocycles. The summed E-state index contributed by atoms with van der Waals surface area (Å²) in [4.78, 5) is 12.1. The van der Waals surface area contributed by atoms with E-state index in [1.54, 1.807) is 23.2 Å². The number of hydrogen-bond acceptors (Lipinski definition) is 7. The highest BCUT2D eigenvalue weighted by molar-refractivity contribution is 5.57. The van der Waals surface area contributed by atoms with Crippen molar-refractivity contribution in [1.82, 2.24) is 19.5 Å². The molecule has 8 heteroatoms. The third-order valence-electron chi connectivity index (χ3n) is 3.31. The van der Waals surface area contributed by atoms with Gasteiger partial charge in [-0.2, -0.15) is 0 Å². The number of anilines is 1. The first-order chi connectivity index (χ1) is 9.69. The first kappa shape index (κ1) is 13.0. The van der Waals surface area contributed by atoms with Gasteiger partial charge in [-0.25, -0.2) is 15.0 Å². The Morgan fingerprint density at radius 1 is 1.45 bits per heavy atom. The Morgan fingerprint density at radius 3 is 3.00 bits per heavy atom. The minimum absolute atomic E-state index is 0.220. The van der Waals surface area contributed by atoms with Crippen LogP contribution in [0.25, 0.3) is 11.4 Å². The van der Waals surface area contributed by atoms with Crippen molar-refractivity contribution in [1.29, 1.82) is 0 Å². The Kier molecular flexibility index (Phi) is 3.35. The summed E-state index contributed by atoms with van der Waals surface area (Å²) >= 11 is 0. The van der Waals surface area contributed by atoms with Gasteiger partial charge in [-0.1, -0.05) is 0 Å². The monoisotopic (exact) mass is 277 g/mol. The highest BCUT2D eigenvalue weighted by atomic mass is 16.5. The zero-order valence-electron chi connectivity index (χ0n) is 10.6. The molecule has 0 radical (unpaired) electrons. The fraction of sp³-hybridized carbons (Fsp3) is 0.417. The van der Waals surface area contributed by atoms with Crippen LogP contribution >= 0.6 is 0 Å². The van der Waals surface area contributed by atoms with E-state index in [0.29, 0.717) is 17.9 Å². The Balaban J connectivity index is 1.91. The van der Waals surface area contributed by atoms with Crippen LogP contribution < -0.4 is 5.73 Å². The number of aromatic nitrogens is 4. The molecule has 8 nitrogen and oxygen atoms in total. The molecule has 2 aromatic rings. The van der Waals surface area contributed by atoms with Gasteiger partial charge < -0.3 is 25.3 Å². The summed E-state index contributed by atoms with van der Waals surface area (Å²) < 4.78 is 7.37. The Bertz CT molecular complexity index is 602. The van der Waals surface area contributed by atoms with Gasteiger partial charge in [0, 0.05) is 12.5 Å². The second-order valence-corrected chi connectivity index (χ2v) is 4.63. The van der Waals surface area contributed by atoms with Crippen LogP contribution in [0.2, 0.25) is 0 Å². The van der Waals surface area contributed by atoms with E-state index in [1.807, 2.05) is 0 Å². The molecule has 1 fully saturated rings. The lowest BCUT2D eigenvalue weighted by Crippen LogP contribution is -2.24. The number of nitrogens with zero attached hydrogens (tertiary/aromatic N) is 4. The predicted molar refractivity (Wildman–Crippen MR) is 69.3 cm³/mol. The molecular formula is C12H15N5O3. The molecule has 2 aromatic heterocycles. The molecular weight excluding hydrogens is 262 g/mol. The predicted octanol–water partition coefficient (Wildman–Crippen LogP) is -0.437. The Morgan fingerprint density at radius 2 is 2.30 bits per heavy atom. The van der Waals surface area contributed by atoms with Crippen molar-refractivity contribution in [2.24, 2.45) is 0 Å². The molecule has 1 saturated heterocycles. The largest absolute Gasteiger partial charge is 0.394 e. The second-order valence-electron chi connectivity index (χ2n) is 4.63. The summed E-state index contributed by atoms with van der Waals surface area (Å²) in [5.74, 6) is 0.364. The van der Waals surface area contributed by atoms with Crippen molar-refractivity contribution in [3.8, 4) is 11.4 Å². The lowest BCUT2D eigenvalue weighted by Gasteiger charge is -2.15. The summed E-state index contributed by atoms with van der Waals surface area (Å²) in [6.07, 6.45) is 3.34. The molecule has 0 amide bonds. The average Bonchev–Trinajstić information content (AvgIpc) is 3.04. The zero-order chi connectivity index (χ0) is 14.1. The van der Waals surface area contributed by atoms with Crippen molar-refractivity contribution in [3.05, 3.63) is 24.9 Å². The third-order valence-corrected chi connectivity index (χ3v) is 3.31. The standard InChI is InChI=1S/C12H15N5O3/c13-11-1-7(15-5-16-11)8-3-14-6-17(8)12-2-9(19)10(4-18)20-12/h1,3,5-6,9-10,12,18-19H,2,4H2,(H2,13,15,16)/t9-,10+,12+/m0/s1. The van der Waals surface area contributed by atoms with Crippen LogP contribution in [0, 0.1) is 0 Å². The van der Waals surface area contributed by atoms with E-state index in [4.69, 9.17) is 15.6 Å². The first-order valence-corrected chi connectivity index (χ1v) is 6.23. The van der Waals surface area contributed by atoms with E-state index in [9.17, 15) is 5.11 Å². The van der Waals surface area contributed by atoms with E-state index in [2.05, 4.69) is 15.0 Å². The summed E-state index contributed by atoms with van der Waals surface area (Å²) in [7, 11) is 0. The minimum Gasteiger partial charge on any atom is -0.394 e. The average molecular weight is 277 g/mol. The maximum Gasteiger partial charge on any atom is 0.138 e. The van der Waals surface area contributed by atoms with Gasteiger partial charge in [0.1, 0.15) is 24.5 Å². The highest BCUT2D eigenvalue weighted by Gasteiger charge is 2.35. The number of nitrogen functional groups attached to an aromatic ring is 1. The maximum atomic E-state index is 9.80. The van der Waals surface area contributed by atoms with Crippen LogP contribution in [0.3, 0.4) is 0 Å². The molecule has 0 unspecified atom stereocenters. The van der Waals surface area contributed by atoms with Crippen molar-refractivity contribution in [2.45, 2.75) is 24.9 Å². The Hall–Kier alpha value is -2.03. The van der Waals surface area contributed by atoms with E-state index in [-0.39, 0.29) is 6.61 Å². The number of imidazole rings is 1. The van der Waals surface area contributed by atoms with Crippen molar-refractivity contribution < 1.29 is 14.9 Å². The fourth-order valence-corrected chi connectivity index (χ4v) is 2.30. The normalized spacial score (nSPS) is 26.0. The van der Waals surface area contributed by atoms with Crippen LogP contribution in [-0.2, 0) is 4.74 Å². The van der Waals surface area contributed by atoms with Gasteiger partial charge in [-0.3, -0.25) is 0 Å². The van der Waals surface area contributed by atoms with Crippen LogP contribution in [0.1, 0.15) is 12.6 Å². The highest BCUT2D eigenvalue weighted by Crippen LogP contribution is 2.32. The first-order valence-electron chi connectivity index (χ1n) is 6.23. The van der Waals surface area contributed by atoms with Crippen LogP contribution in [-0.4, -0.2) is 48.5 Å². The van der Waals surface area contributed by atoms with E-state index in [0.717, 1.165) is 5.69 Å². The summed E-state index contributed by atoms with van der Waals surface area (Å²) in [5.41, 5.74) is 6.99. The van der Waals surface area contributed by atoms with E-state index in [1.165, 1.54) is 6.33 Å². The number of rotatable bonds is 3. The smallest absolute Gasteiger partial charge is 0.138 e. The quantitative estimate of drug-likeness (QED) is 0.696. The molecule has 3 heterocycles. The lowest BCUT2D eigenvalue weighted by molar-refractivity contribution is -0.0438. The number of aliphatic hydroxyl groups excluding tert-OH is 2. The molecule has 1 aliphatic heterocycles. The molecule has 3 rings (SSSR count). The maximum absolute atomic E-state index is 9.80. The molecule has 0 saturated carbocycles. The van der Waals surface area contributed by atoms with Crippen molar-refractivity contribution >= 4 is 5.82 Å². The van der Waals surface area contributed by atoms with Crippen molar-refractivity contribution in [3.63, 3.8) is 0 Å². The molecule has 4 N–H and O–H groups in total. The molecule has 1 aliphatic rings. The zero-order valence-corrected chi connectivity index (χ0v) is 10.6. The third kappa shape index (κ3) is 2.24. The van der Waals surface area contributed by atoms with Crippen molar-refractivity contribution in [2.75, 3.05) is 12.3 Å². The number of hydrogen-bond donors (Lipinski definition) is 3. The molecule has 3 atom stereocenters. The minimum atomic E-state index is -0.698. The summed E-state index contributed by atoms with van der Waals surface area (Å²) in [6.45, 7) is -0.220. The summed E-state index contributed by atoms with van der Waals surface area (Å²) in [6, 6.07) is 1.64. The van der Waals surface area contributed by atoms with Gasteiger partial charge in [0.25, 0.3) is 0 Å². The van der Waals surface area contributed by atoms with Gasteiger partial charge >= 0.3 is 0 Å². The lowest BCUT2D eigenvalue weighted by atomic mass is 10.2. The number of aliphatic hydroxyl groups is 2. The molecule has 0 bridgehead atoms.